The third-order valence-electron chi connectivity index (χ3n) is 4.85. The Kier molecular flexibility index (Phi) is 7.14. The maximum atomic E-state index is 6.32. The van der Waals surface area contributed by atoms with Gasteiger partial charge in [-0.15, -0.1) is 0 Å². The number of nitrogens with zero attached hydrogens (tertiary/aromatic N) is 1. The van der Waals surface area contributed by atoms with E-state index in [9.17, 15) is 0 Å². The van der Waals surface area contributed by atoms with Crippen molar-refractivity contribution in [3.8, 4) is 0 Å². The highest BCUT2D eigenvalue weighted by Crippen LogP contribution is 2.38. The minimum absolute atomic E-state index is 0.00314. The first-order valence-corrected chi connectivity index (χ1v) is 8.35. The quantitative estimate of drug-likeness (QED) is 0.562. The lowest BCUT2D eigenvalue weighted by Crippen LogP contribution is -2.57. The Morgan fingerprint density at radius 1 is 1.19 bits per heavy atom. The van der Waals surface area contributed by atoms with Crippen LogP contribution < -0.4 is 11.3 Å². The van der Waals surface area contributed by atoms with Gasteiger partial charge in [-0.2, -0.15) is 0 Å². The summed E-state index contributed by atoms with van der Waals surface area (Å²) in [6, 6.07) is 6.31. The van der Waals surface area contributed by atoms with Crippen molar-refractivity contribution in [1.29, 1.82) is 0 Å². The van der Waals surface area contributed by atoms with E-state index in [0.29, 0.717) is 0 Å². The Morgan fingerprint density at radius 3 is 2.14 bits per heavy atom. The highest BCUT2D eigenvalue weighted by Gasteiger charge is 2.40. The van der Waals surface area contributed by atoms with Crippen LogP contribution in [0, 0.1) is 6.92 Å². The van der Waals surface area contributed by atoms with Gasteiger partial charge in [0.15, 0.2) is 0 Å². The molecular formula is C17H30ClN3. The lowest BCUT2D eigenvalue weighted by molar-refractivity contribution is 0.0487. The number of nitrogens with two attached hydrogens (primary N) is 1. The van der Waals surface area contributed by atoms with Gasteiger partial charge in [-0.1, -0.05) is 51.4 Å². The summed E-state index contributed by atoms with van der Waals surface area (Å²) in [5.74, 6) is 5.96. The van der Waals surface area contributed by atoms with Gasteiger partial charge in [-0.05, 0) is 50.0 Å². The molecular weight excluding hydrogens is 282 g/mol. The van der Waals surface area contributed by atoms with Crippen molar-refractivity contribution < 1.29 is 0 Å². The Bertz CT molecular complexity index is 440. The third kappa shape index (κ3) is 3.59. The minimum Gasteiger partial charge on any atom is -0.296 e. The van der Waals surface area contributed by atoms with Crippen LogP contribution in [0.3, 0.4) is 0 Å². The van der Waals surface area contributed by atoms with Crippen molar-refractivity contribution >= 4 is 11.6 Å². The number of hydrogen-bond donors (Lipinski definition) is 2. The molecule has 0 saturated carbocycles. The summed E-state index contributed by atoms with van der Waals surface area (Å²) in [6.07, 6.45) is 2.07. The van der Waals surface area contributed by atoms with Crippen LogP contribution in [-0.2, 0) is 0 Å². The second-order valence-electron chi connectivity index (χ2n) is 5.59. The summed E-state index contributed by atoms with van der Waals surface area (Å²) in [7, 11) is 0. The van der Waals surface area contributed by atoms with Crippen LogP contribution in [0.25, 0.3) is 0 Å². The topological polar surface area (TPSA) is 41.3 Å². The molecule has 0 amide bonds. The first-order chi connectivity index (χ1) is 10.00. The molecule has 0 radical (unpaired) electrons. The first kappa shape index (κ1) is 18.4. The van der Waals surface area contributed by atoms with E-state index in [1.165, 1.54) is 0 Å². The molecule has 0 aliphatic carbocycles. The zero-order chi connectivity index (χ0) is 16.0. The fraction of sp³-hybridized carbons (Fsp3) is 0.647. The van der Waals surface area contributed by atoms with Crippen LogP contribution in [-0.4, -0.2) is 23.5 Å². The highest BCUT2D eigenvalue weighted by atomic mass is 35.5. The van der Waals surface area contributed by atoms with Gasteiger partial charge in [0.25, 0.3) is 0 Å². The van der Waals surface area contributed by atoms with Crippen molar-refractivity contribution in [2.75, 3.05) is 13.1 Å². The van der Waals surface area contributed by atoms with Crippen LogP contribution in [0.15, 0.2) is 18.2 Å². The molecule has 1 aromatic carbocycles. The van der Waals surface area contributed by atoms with Crippen LogP contribution in [0.1, 0.15) is 57.7 Å². The fourth-order valence-electron chi connectivity index (χ4n) is 3.49. The van der Waals surface area contributed by atoms with E-state index >= 15 is 0 Å². The number of rotatable bonds is 8. The molecule has 0 spiro atoms. The van der Waals surface area contributed by atoms with E-state index in [4.69, 9.17) is 17.4 Å². The van der Waals surface area contributed by atoms with E-state index in [1.807, 2.05) is 13.0 Å². The lowest BCUT2D eigenvalue weighted by Gasteiger charge is -2.48. The molecule has 1 atom stereocenters. The first-order valence-electron chi connectivity index (χ1n) is 7.97. The average molecular weight is 312 g/mol. The largest absolute Gasteiger partial charge is 0.296 e. The van der Waals surface area contributed by atoms with Crippen LogP contribution in [0.5, 0.6) is 0 Å². The smallest absolute Gasteiger partial charge is 0.0644 e. The standard InChI is InChI=1S/C17H30ClN3/c1-6-17(7-2,21(8-3)9-4)16(20-19)14-11-10-13(5)15(18)12-14/h10-12,16,20H,6-9,19H2,1-5H3. The summed E-state index contributed by atoms with van der Waals surface area (Å²) in [5.41, 5.74) is 5.30. The van der Waals surface area contributed by atoms with E-state index in [-0.39, 0.29) is 11.6 Å². The average Bonchev–Trinajstić information content (AvgIpc) is 2.50. The number of aryl methyl sites for hydroxylation is 1. The number of benzene rings is 1. The zero-order valence-corrected chi connectivity index (χ0v) is 14.8. The predicted octanol–water partition coefficient (Wildman–Crippen LogP) is 4.05. The van der Waals surface area contributed by atoms with E-state index in [2.05, 4.69) is 50.2 Å². The molecule has 0 bridgehead atoms. The molecule has 1 rings (SSSR count). The van der Waals surface area contributed by atoms with Gasteiger partial charge in [0, 0.05) is 10.6 Å². The van der Waals surface area contributed by atoms with Crippen molar-refractivity contribution in [2.24, 2.45) is 5.84 Å². The maximum absolute atomic E-state index is 6.32. The Morgan fingerprint density at radius 2 is 1.76 bits per heavy atom. The third-order valence-corrected chi connectivity index (χ3v) is 5.26. The minimum atomic E-state index is -0.00314. The monoisotopic (exact) mass is 311 g/mol. The van der Waals surface area contributed by atoms with Gasteiger partial charge in [-0.3, -0.25) is 16.2 Å². The molecule has 0 aromatic heterocycles. The summed E-state index contributed by atoms with van der Waals surface area (Å²) in [4.78, 5) is 2.51. The number of hydrazine groups is 1. The van der Waals surface area contributed by atoms with Crippen molar-refractivity contribution in [2.45, 2.75) is 59.0 Å². The molecule has 0 aliphatic rings. The van der Waals surface area contributed by atoms with Crippen LogP contribution in [0.4, 0.5) is 0 Å². The molecule has 1 aromatic rings. The highest BCUT2D eigenvalue weighted by molar-refractivity contribution is 6.31. The maximum Gasteiger partial charge on any atom is 0.0644 e. The Balaban J connectivity index is 3.33. The number of likely N-dealkylation sites (N-methyl/N-ethyl adjacent to an activating group) is 1. The van der Waals surface area contributed by atoms with Gasteiger partial charge in [0.1, 0.15) is 0 Å². The molecule has 120 valence electrons. The van der Waals surface area contributed by atoms with E-state index in [0.717, 1.165) is 42.1 Å². The van der Waals surface area contributed by atoms with Crippen molar-refractivity contribution in [1.82, 2.24) is 10.3 Å². The van der Waals surface area contributed by atoms with Crippen LogP contribution in [0.2, 0.25) is 5.02 Å². The molecule has 1 unspecified atom stereocenters. The molecule has 21 heavy (non-hydrogen) atoms. The predicted molar refractivity (Wildman–Crippen MR) is 92.5 cm³/mol. The molecule has 0 saturated heterocycles. The normalized spacial score (nSPS) is 13.7. The van der Waals surface area contributed by atoms with Crippen molar-refractivity contribution in [3.05, 3.63) is 34.3 Å². The van der Waals surface area contributed by atoms with E-state index in [1.54, 1.807) is 0 Å². The van der Waals surface area contributed by atoms with E-state index < -0.39 is 0 Å². The van der Waals surface area contributed by atoms with Gasteiger partial charge >= 0.3 is 0 Å². The number of nitrogens with one attached hydrogen (secondary N) is 1. The molecule has 0 fully saturated rings. The second kappa shape index (κ2) is 8.14. The fourth-order valence-corrected chi connectivity index (χ4v) is 3.68. The van der Waals surface area contributed by atoms with Gasteiger partial charge in [0.2, 0.25) is 0 Å². The number of halogens is 1. The van der Waals surface area contributed by atoms with Crippen molar-refractivity contribution in [3.63, 3.8) is 0 Å². The molecule has 4 heteroatoms. The van der Waals surface area contributed by atoms with Gasteiger partial charge < -0.3 is 0 Å². The zero-order valence-electron chi connectivity index (χ0n) is 14.0. The Labute approximate surface area is 134 Å². The van der Waals surface area contributed by atoms with Crippen LogP contribution >= 0.6 is 11.6 Å². The summed E-state index contributed by atoms with van der Waals surface area (Å²) < 4.78 is 0. The molecule has 3 nitrogen and oxygen atoms in total. The summed E-state index contributed by atoms with van der Waals surface area (Å²) in [5, 5.41) is 0.799. The van der Waals surface area contributed by atoms with Gasteiger partial charge in [0.05, 0.1) is 6.04 Å². The Hall–Kier alpha value is -0.610. The number of hydrogen-bond acceptors (Lipinski definition) is 3. The summed E-state index contributed by atoms with van der Waals surface area (Å²) >= 11 is 6.32. The van der Waals surface area contributed by atoms with Gasteiger partial charge in [-0.25, -0.2) is 0 Å². The molecule has 3 N–H and O–H groups in total. The lowest BCUT2D eigenvalue weighted by atomic mass is 9.79. The summed E-state index contributed by atoms with van der Waals surface area (Å²) in [6.45, 7) is 12.9. The SMILES string of the molecule is CCN(CC)C(CC)(CC)C(NN)c1ccc(C)c(Cl)c1. The molecule has 0 heterocycles. The second-order valence-corrected chi connectivity index (χ2v) is 6.00. The molecule has 0 aliphatic heterocycles.